The third-order valence-corrected chi connectivity index (χ3v) is 4.62. The number of rotatable bonds is 6. The zero-order chi connectivity index (χ0) is 18.6. The van der Waals surface area contributed by atoms with Crippen LogP contribution >= 0.6 is 0 Å². The molecule has 0 saturated heterocycles. The molecule has 1 N–H and O–H groups in total. The molecule has 25 heavy (non-hydrogen) atoms. The zero-order valence-corrected chi connectivity index (χ0v) is 16.1. The van der Waals surface area contributed by atoms with E-state index in [0.29, 0.717) is 5.92 Å². The third kappa shape index (κ3) is 4.85. The Morgan fingerprint density at radius 3 is 2.16 bits per heavy atom. The zero-order valence-electron chi connectivity index (χ0n) is 16.1. The maximum Gasteiger partial charge on any atom is 0.252 e. The summed E-state index contributed by atoms with van der Waals surface area (Å²) >= 11 is 0. The van der Waals surface area contributed by atoms with Gasteiger partial charge in [-0.1, -0.05) is 32.0 Å². The quantitative estimate of drug-likeness (QED) is 0.791. The SMILES string of the molecule is COc1ccc(C(CC(C)C)NC(=O)c2cc(C)c(C)cc2C)cc1. The molecule has 0 fully saturated rings. The smallest absolute Gasteiger partial charge is 0.252 e. The Bertz CT molecular complexity index is 732. The van der Waals surface area contributed by atoms with Crippen LogP contribution in [0, 0.1) is 26.7 Å². The largest absolute Gasteiger partial charge is 0.497 e. The van der Waals surface area contributed by atoms with Crippen LogP contribution in [0.15, 0.2) is 36.4 Å². The molecule has 1 atom stereocenters. The number of nitrogens with one attached hydrogen (secondary N) is 1. The topological polar surface area (TPSA) is 38.3 Å². The van der Waals surface area contributed by atoms with Gasteiger partial charge in [0.1, 0.15) is 5.75 Å². The molecule has 0 radical (unpaired) electrons. The molecule has 0 heterocycles. The molecule has 0 bridgehead atoms. The van der Waals surface area contributed by atoms with Crippen molar-refractivity contribution < 1.29 is 9.53 Å². The van der Waals surface area contributed by atoms with Crippen molar-refractivity contribution in [2.75, 3.05) is 7.11 Å². The van der Waals surface area contributed by atoms with Gasteiger partial charge in [-0.25, -0.2) is 0 Å². The highest BCUT2D eigenvalue weighted by atomic mass is 16.5. The molecule has 0 aliphatic heterocycles. The van der Waals surface area contributed by atoms with Gasteiger partial charge < -0.3 is 10.1 Å². The number of hydrogen-bond acceptors (Lipinski definition) is 2. The lowest BCUT2D eigenvalue weighted by Crippen LogP contribution is -2.30. The minimum atomic E-state index is -0.0144. The normalized spacial score (nSPS) is 12.1. The minimum Gasteiger partial charge on any atom is -0.497 e. The summed E-state index contributed by atoms with van der Waals surface area (Å²) in [5.41, 5.74) is 5.22. The van der Waals surface area contributed by atoms with Crippen LogP contribution in [0.4, 0.5) is 0 Å². The van der Waals surface area contributed by atoms with Gasteiger partial charge in [-0.15, -0.1) is 0 Å². The molecule has 3 nitrogen and oxygen atoms in total. The van der Waals surface area contributed by atoms with Gasteiger partial charge in [0.05, 0.1) is 13.2 Å². The van der Waals surface area contributed by atoms with Crippen LogP contribution in [0.5, 0.6) is 5.75 Å². The Labute approximate surface area is 151 Å². The summed E-state index contributed by atoms with van der Waals surface area (Å²) in [6.07, 6.45) is 0.891. The van der Waals surface area contributed by atoms with E-state index in [2.05, 4.69) is 32.2 Å². The van der Waals surface area contributed by atoms with E-state index in [1.165, 1.54) is 5.56 Å². The van der Waals surface area contributed by atoms with E-state index in [4.69, 9.17) is 4.74 Å². The van der Waals surface area contributed by atoms with Crippen molar-refractivity contribution in [1.29, 1.82) is 0 Å². The van der Waals surface area contributed by atoms with Gasteiger partial charge >= 0.3 is 0 Å². The van der Waals surface area contributed by atoms with Gasteiger partial charge in [0.25, 0.3) is 5.91 Å². The van der Waals surface area contributed by atoms with E-state index >= 15 is 0 Å². The molecule has 2 aromatic carbocycles. The van der Waals surface area contributed by atoms with E-state index in [1.54, 1.807) is 7.11 Å². The van der Waals surface area contributed by atoms with Crippen molar-refractivity contribution in [1.82, 2.24) is 5.32 Å². The summed E-state index contributed by atoms with van der Waals surface area (Å²) < 4.78 is 5.23. The van der Waals surface area contributed by atoms with Gasteiger partial charge in [0, 0.05) is 5.56 Å². The molecule has 0 saturated carbocycles. The molecule has 3 heteroatoms. The van der Waals surface area contributed by atoms with Crippen molar-refractivity contribution in [3.63, 3.8) is 0 Å². The van der Waals surface area contributed by atoms with E-state index < -0.39 is 0 Å². The molecule has 0 aromatic heterocycles. The number of methoxy groups -OCH3 is 1. The maximum absolute atomic E-state index is 12.9. The second-order valence-electron chi connectivity index (χ2n) is 7.18. The molecule has 0 spiro atoms. The first kappa shape index (κ1) is 19.0. The summed E-state index contributed by atoms with van der Waals surface area (Å²) in [7, 11) is 1.66. The molecular weight excluding hydrogens is 310 g/mol. The lowest BCUT2D eigenvalue weighted by Gasteiger charge is -2.22. The van der Waals surface area contributed by atoms with Crippen LogP contribution < -0.4 is 10.1 Å². The average molecular weight is 339 g/mol. The summed E-state index contributed by atoms with van der Waals surface area (Å²) in [4.78, 5) is 12.9. The average Bonchev–Trinajstić information content (AvgIpc) is 2.57. The van der Waals surface area contributed by atoms with Gasteiger partial charge in [0.2, 0.25) is 0 Å². The molecular formula is C22H29NO2. The molecule has 1 amide bonds. The van der Waals surface area contributed by atoms with E-state index in [1.807, 2.05) is 44.2 Å². The van der Waals surface area contributed by atoms with Crippen LogP contribution in [-0.4, -0.2) is 13.0 Å². The Morgan fingerprint density at radius 2 is 1.60 bits per heavy atom. The Morgan fingerprint density at radius 1 is 1.00 bits per heavy atom. The maximum atomic E-state index is 12.9. The first-order valence-electron chi connectivity index (χ1n) is 8.84. The Hall–Kier alpha value is -2.29. The van der Waals surface area contributed by atoms with Crippen molar-refractivity contribution in [2.24, 2.45) is 5.92 Å². The summed E-state index contributed by atoms with van der Waals surface area (Å²) in [6, 6.07) is 12.0. The summed E-state index contributed by atoms with van der Waals surface area (Å²) in [5.74, 6) is 1.29. The Balaban J connectivity index is 2.27. The highest BCUT2D eigenvalue weighted by molar-refractivity contribution is 5.96. The lowest BCUT2D eigenvalue weighted by molar-refractivity contribution is 0.0931. The van der Waals surface area contributed by atoms with Crippen LogP contribution in [0.25, 0.3) is 0 Å². The second-order valence-corrected chi connectivity index (χ2v) is 7.18. The van der Waals surface area contributed by atoms with Crippen LogP contribution in [-0.2, 0) is 0 Å². The molecule has 134 valence electrons. The number of carbonyl (C=O) groups is 1. The fourth-order valence-corrected chi connectivity index (χ4v) is 3.03. The van der Waals surface area contributed by atoms with Crippen molar-refractivity contribution >= 4 is 5.91 Å². The highest BCUT2D eigenvalue weighted by Gasteiger charge is 2.19. The van der Waals surface area contributed by atoms with Crippen molar-refractivity contribution in [3.8, 4) is 5.75 Å². The van der Waals surface area contributed by atoms with E-state index in [9.17, 15) is 4.79 Å². The number of carbonyl (C=O) groups excluding carboxylic acids is 1. The van der Waals surface area contributed by atoms with Gasteiger partial charge in [0.15, 0.2) is 0 Å². The van der Waals surface area contributed by atoms with Crippen LogP contribution in [0.3, 0.4) is 0 Å². The summed E-state index contributed by atoms with van der Waals surface area (Å²) in [5, 5.41) is 3.23. The van der Waals surface area contributed by atoms with Gasteiger partial charge in [-0.3, -0.25) is 4.79 Å². The first-order chi connectivity index (χ1) is 11.8. The van der Waals surface area contributed by atoms with Gasteiger partial charge in [-0.2, -0.15) is 0 Å². The first-order valence-corrected chi connectivity index (χ1v) is 8.84. The van der Waals surface area contributed by atoms with E-state index in [-0.39, 0.29) is 11.9 Å². The number of aryl methyl sites for hydroxylation is 3. The van der Waals surface area contributed by atoms with Crippen LogP contribution in [0.2, 0.25) is 0 Å². The van der Waals surface area contributed by atoms with Crippen LogP contribution in [0.1, 0.15) is 58.9 Å². The molecule has 1 unspecified atom stereocenters. The number of hydrogen-bond donors (Lipinski definition) is 1. The molecule has 0 aliphatic rings. The lowest BCUT2D eigenvalue weighted by atomic mass is 9.95. The second kappa shape index (κ2) is 8.19. The fraction of sp³-hybridized carbons (Fsp3) is 0.409. The highest BCUT2D eigenvalue weighted by Crippen LogP contribution is 2.25. The Kier molecular flexibility index (Phi) is 6.24. The fourth-order valence-electron chi connectivity index (χ4n) is 3.03. The molecule has 0 aliphatic carbocycles. The van der Waals surface area contributed by atoms with Crippen molar-refractivity contribution in [3.05, 3.63) is 64.2 Å². The number of benzene rings is 2. The predicted octanol–water partition coefficient (Wildman–Crippen LogP) is 5.14. The van der Waals surface area contributed by atoms with Crippen molar-refractivity contribution in [2.45, 2.75) is 47.1 Å². The molecule has 2 aromatic rings. The monoisotopic (exact) mass is 339 g/mol. The molecule has 2 rings (SSSR count). The number of ether oxygens (including phenoxy) is 1. The minimum absolute atomic E-state index is 0.0120. The summed E-state index contributed by atoms with van der Waals surface area (Å²) in [6.45, 7) is 10.4. The standard InChI is InChI=1S/C22H29NO2/c1-14(2)11-21(18-7-9-19(25-6)10-8-18)23-22(24)20-13-16(4)15(3)12-17(20)5/h7-10,12-14,21H,11H2,1-6H3,(H,23,24). The van der Waals surface area contributed by atoms with E-state index in [0.717, 1.165) is 34.4 Å². The third-order valence-electron chi connectivity index (χ3n) is 4.62. The van der Waals surface area contributed by atoms with Gasteiger partial charge in [-0.05, 0) is 73.6 Å². The predicted molar refractivity (Wildman–Crippen MR) is 103 cm³/mol. The number of amides is 1.